The zero-order valence-corrected chi connectivity index (χ0v) is 13.6. The van der Waals surface area contributed by atoms with Crippen molar-refractivity contribution in [2.24, 2.45) is 11.8 Å². The van der Waals surface area contributed by atoms with Crippen molar-refractivity contribution in [3.63, 3.8) is 0 Å². The Labute approximate surface area is 140 Å². The minimum atomic E-state index is -1.31. The van der Waals surface area contributed by atoms with E-state index in [4.69, 9.17) is 0 Å². The maximum absolute atomic E-state index is 12.7. The fourth-order valence-electron chi connectivity index (χ4n) is 2.71. The van der Waals surface area contributed by atoms with Gasteiger partial charge in [0.15, 0.2) is 11.6 Å². The van der Waals surface area contributed by atoms with Gasteiger partial charge in [0.05, 0.1) is 11.8 Å². The second kappa shape index (κ2) is 7.59. The standard InChI is InChI=1S/C20H18O4/c1-13(21)17(19(23)15-9-5-3-6-10-15)18(14(2)22)20(24)16-11-7-4-8-12-16/h3-12,17-18H,1-2H3/t17-,18-/m1/s1. The van der Waals surface area contributed by atoms with Crippen LogP contribution in [0.25, 0.3) is 0 Å². The predicted octanol–water partition coefficient (Wildman–Crippen LogP) is 3.16. The van der Waals surface area contributed by atoms with Crippen molar-refractivity contribution < 1.29 is 19.2 Å². The lowest BCUT2D eigenvalue weighted by molar-refractivity contribution is -0.127. The van der Waals surface area contributed by atoms with Crippen molar-refractivity contribution in [2.45, 2.75) is 13.8 Å². The van der Waals surface area contributed by atoms with E-state index < -0.39 is 35.0 Å². The normalized spacial score (nSPS) is 12.9. The molecule has 0 aliphatic carbocycles. The molecule has 0 unspecified atom stereocenters. The summed E-state index contributed by atoms with van der Waals surface area (Å²) in [7, 11) is 0. The lowest BCUT2D eigenvalue weighted by atomic mass is 9.77. The molecular weight excluding hydrogens is 304 g/mol. The highest BCUT2D eigenvalue weighted by molar-refractivity contribution is 6.20. The van der Waals surface area contributed by atoms with E-state index in [9.17, 15) is 19.2 Å². The molecule has 0 heterocycles. The molecule has 0 aliphatic heterocycles. The summed E-state index contributed by atoms with van der Waals surface area (Å²) in [5.74, 6) is -4.61. The van der Waals surface area contributed by atoms with Gasteiger partial charge < -0.3 is 0 Å². The number of benzene rings is 2. The third-order valence-corrected chi connectivity index (χ3v) is 3.89. The molecule has 0 radical (unpaired) electrons. The van der Waals surface area contributed by atoms with E-state index in [-0.39, 0.29) is 0 Å². The Hall–Kier alpha value is -2.88. The maximum atomic E-state index is 12.7. The summed E-state index contributed by atoms with van der Waals surface area (Å²) >= 11 is 0. The van der Waals surface area contributed by atoms with Crippen molar-refractivity contribution in [3.8, 4) is 0 Å². The molecule has 0 N–H and O–H groups in total. The first-order chi connectivity index (χ1) is 11.4. The van der Waals surface area contributed by atoms with Crippen LogP contribution in [0, 0.1) is 11.8 Å². The van der Waals surface area contributed by atoms with Gasteiger partial charge in [-0.05, 0) is 13.8 Å². The van der Waals surface area contributed by atoms with Gasteiger partial charge in [0.25, 0.3) is 0 Å². The lowest BCUT2D eigenvalue weighted by Gasteiger charge is -2.21. The smallest absolute Gasteiger partial charge is 0.174 e. The summed E-state index contributed by atoms with van der Waals surface area (Å²) in [5, 5.41) is 0. The molecule has 0 aliphatic rings. The van der Waals surface area contributed by atoms with Crippen LogP contribution in [0.15, 0.2) is 60.7 Å². The zero-order valence-electron chi connectivity index (χ0n) is 13.6. The Bertz CT molecular complexity index is 695. The van der Waals surface area contributed by atoms with E-state index in [1.54, 1.807) is 60.7 Å². The summed E-state index contributed by atoms with van der Waals surface area (Å²) < 4.78 is 0. The van der Waals surface area contributed by atoms with E-state index in [2.05, 4.69) is 0 Å². The summed E-state index contributed by atoms with van der Waals surface area (Å²) in [6.07, 6.45) is 0. The van der Waals surface area contributed by atoms with Crippen LogP contribution < -0.4 is 0 Å². The van der Waals surface area contributed by atoms with Crippen LogP contribution in [0.3, 0.4) is 0 Å². The quantitative estimate of drug-likeness (QED) is 0.580. The van der Waals surface area contributed by atoms with Gasteiger partial charge >= 0.3 is 0 Å². The maximum Gasteiger partial charge on any atom is 0.174 e. The van der Waals surface area contributed by atoms with Gasteiger partial charge in [-0.2, -0.15) is 0 Å². The van der Waals surface area contributed by atoms with Crippen LogP contribution in [-0.4, -0.2) is 23.1 Å². The second-order valence-electron chi connectivity index (χ2n) is 5.64. The summed E-state index contributed by atoms with van der Waals surface area (Å²) in [6, 6.07) is 16.5. The Morgan fingerprint density at radius 3 is 1.12 bits per heavy atom. The Morgan fingerprint density at radius 2 is 0.875 bits per heavy atom. The SMILES string of the molecule is CC(=O)[C@@H](C(=O)c1ccccc1)[C@@H](C(C)=O)C(=O)c1ccccc1. The zero-order chi connectivity index (χ0) is 17.7. The first kappa shape index (κ1) is 17.5. The van der Waals surface area contributed by atoms with Crippen LogP contribution in [0.1, 0.15) is 34.6 Å². The summed E-state index contributed by atoms with van der Waals surface area (Å²) in [6.45, 7) is 2.47. The molecule has 2 atom stereocenters. The van der Waals surface area contributed by atoms with Crippen molar-refractivity contribution in [1.82, 2.24) is 0 Å². The highest BCUT2D eigenvalue weighted by Gasteiger charge is 2.40. The van der Waals surface area contributed by atoms with Gasteiger partial charge in [-0.3, -0.25) is 19.2 Å². The molecule has 24 heavy (non-hydrogen) atoms. The van der Waals surface area contributed by atoms with Crippen LogP contribution in [0.4, 0.5) is 0 Å². The van der Waals surface area contributed by atoms with Crippen molar-refractivity contribution in [3.05, 3.63) is 71.8 Å². The second-order valence-corrected chi connectivity index (χ2v) is 5.64. The molecule has 0 aromatic heterocycles. The topological polar surface area (TPSA) is 68.3 Å². The fourth-order valence-corrected chi connectivity index (χ4v) is 2.71. The van der Waals surface area contributed by atoms with E-state index in [0.29, 0.717) is 11.1 Å². The highest BCUT2D eigenvalue weighted by Crippen LogP contribution is 2.24. The first-order valence-corrected chi connectivity index (χ1v) is 7.63. The van der Waals surface area contributed by atoms with Crippen LogP contribution in [0.5, 0.6) is 0 Å². The van der Waals surface area contributed by atoms with Gasteiger partial charge in [0.2, 0.25) is 0 Å². The Morgan fingerprint density at radius 1 is 0.583 bits per heavy atom. The third kappa shape index (κ3) is 3.71. The molecule has 122 valence electrons. The molecule has 2 aromatic rings. The average molecular weight is 322 g/mol. The summed E-state index contributed by atoms with van der Waals surface area (Å²) in [4.78, 5) is 49.7. The van der Waals surface area contributed by atoms with Gasteiger partial charge in [-0.1, -0.05) is 60.7 Å². The van der Waals surface area contributed by atoms with E-state index in [1.165, 1.54) is 13.8 Å². The minimum absolute atomic E-state index is 0.310. The minimum Gasteiger partial charge on any atom is -0.299 e. The molecule has 0 saturated carbocycles. The Balaban J connectivity index is 2.46. The first-order valence-electron chi connectivity index (χ1n) is 7.63. The molecule has 0 amide bonds. The molecule has 0 spiro atoms. The van der Waals surface area contributed by atoms with E-state index in [1.807, 2.05) is 0 Å². The van der Waals surface area contributed by atoms with Gasteiger partial charge in [-0.25, -0.2) is 0 Å². The third-order valence-electron chi connectivity index (χ3n) is 3.89. The average Bonchev–Trinajstić information content (AvgIpc) is 2.59. The number of carbonyl (C=O) groups is 4. The molecule has 0 bridgehead atoms. The largest absolute Gasteiger partial charge is 0.299 e. The van der Waals surface area contributed by atoms with E-state index in [0.717, 1.165) is 0 Å². The molecule has 4 nitrogen and oxygen atoms in total. The summed E-state index contributed by atoms with van der Waals surface area (Å²) in [5.41, 5.74) is 0.620. The molecule has 0 fully saturated rings. The number of carbonyl (C=O) groups excluding carboxylic acids is 4. The number of hydrogen-bond acceptors (Lipinski definition) is 4. The molecular formula is C20H18O4. The monoisotopic (exact) mass is 322 g/mol. The highest BCUT2D eigenvalue weighted by atomic mass is 16.2. The number of hydrogen-bond donors (Lipinski definition) is 0. The van der Waals surface area contributed by atoms with Gasteiger partial charge in [0, 0.05) is 11.1 Å². The van der Waals surface area contributed by atoms with E-state index >= 15 is 0 Å². The van der Waals surface area contributed by atoms with Crippen LogP contribution in [-0.2, 0) is 9.59 Å². The fraction of sp³-hybridized carbons (Fsp3) is 0.200. The Kier molecular flexibility index (Phi) is 5.53. The number of Topliss-reactive ketones (excluding diaryl/α,β-unsaturated/α-hetero) is 4. The lowest BCUT2D eigenvalue weighted by Crippen LogP contribution is -2.39. The number of ketones is 4. The van der Waals surface area contributed by atoms with Crippen LogP contribution in [0.2, 0.25) is 0 Å². The number of rotatable bonds is 7. The molecule has 2 rings (SSSR count). The van der Waals surface area contributed by atoms with Crippen molar-refractivity contribution in [1.29, 1.82) is 0 Å². The van der Waals surface area contributed by atoms with Gasteiger partial charge in [0.1, 0.15) is 11.6 Å². The molecule has 0 saturated heterocycles. The molecule has 4 heteroatoms. The van der Waals surface area contributed by atoms with Crippen molar-refractivity contribution in [2.75, 3.05) is 0 Å². The van der Waals surface area contributed by atoms with Gasteiger partial charge in [-0.15, -0.1) is 0 Å². The van der Waals surface area contributed by atoms with Crippen LogP contribution >= 0.6 is 0 Å². The predicted molar refractivity (Wildman–Crippen MR) is 89.9 cm³/mol. The molecule has 2 aromatic carbocycles. The van der Waals surface area contributed by atoms with Crippen molar-refractivity contribution >= 4 is 23.1 Å².